The predicted octanol–water partition coefficient (Wildman–Crippen LogP) is 9.31. The lowest BCUT2D eigenvalue weighted by atomic mass is 10.0. The van der Waals surface area contributed by atoms with E-state index in [4.69, 9.17) is 13.8 Å². The van der Waals surface area contributed by atoms with Gasteiger partial charge in [0.05, 0.1) is 17.1 Å². The third kappa shape index (κ3) is 3.81. The van der Waals surface area contributed by atoms with Crippen LogP contribution in [0.4, 0.5) is 5.69 Å². The van der Waals surface area contributed by atoms with Crippen LogP contribution in [0.1, 0.15) is 45.1 Å². The molecule has 7 rings (SSSR count). The zero-order chi connectivity index (χ0) is 27.2. The highest BCUT2D eigenvalue weighted by molar-refractivity contribution is 6.34. The van der Waals surface area contributed by atoms with Crippen molar-refractivity contribution >= 4 is 60.5 Å². The molecule has 40 heavy (non-hydrogen) atoms. The number of unbranched alkanes of at least 4 members (excludes halogenated alkanes) is 2. The van der Waals surface area contributed by atoms with Crippen LogP contribution in [-0.2, 0) is 0 Å². The summed E-state index contributed by atoms with van der Waals surface area (Å²) >= 11 is 0. The SMILES string of the molecule is CCCCN(CCCC)c1ccc2oc3c4oc(-c5ccc(C#N)cc5)nc4c4[nH]c5ccccc5c4c3c2c1. The number of hydrogen-bond donors (Lipinski definition) is 1. The van der Waals surface area contributed by atoms with Gasteiger partial charge in [0, 0.05) is 51.4 Å². The maximum atomic E-state index is 9.22. The van der Waals surface area contributed by atoms with Gasteiger partial charge in [0.25, 0.3) is 0 Å². The van der Waals surface area contributed by atoms with Crippen molar-refractivity contribution in [1.29, 1.82) is 5.26 Å². The van der Waals surface area contributed by atoms with Crippen molar-refractivity contribution in [2.24, 2.45) is 0 Å². The largest absolute Gasteiger partial charge is 0.452 e. The van der Waals surface area contributed by atoms with Gasteiger partial charge >= 0.3 is 0 Å². The van der Waals surface area contributed by atoms with Crippen molar-refractivity contribution in [3.05, 3.63) is 72.3 Å². The zero-order valence-electron chi connectivity index (χ0n) is 22.8. The molecular weight excluding hydrogens is 496 g/mol. The van der Waals surface area contributed by atoms with Crippen LogP contribution < -0.4 is 4.90 Å². The number of fused-ring (bicyclic) bond motifs is 10. The Kier molecular flexibility index (Phi) is 5.93. The molecule has 6 nitrogen and oxygen atoms in total. The first-order valence-electron chi connectivity index (χ1n) is 14.1. The van der Waals surface area contributed by atoms with Gasteiger partial charge in [0.15, 0.2) is 5.58 Å². The highest BCUT2D eigenvalue weighted by atomic mass is 16.4. The Hall–Kier alpha value is -4.76. The summed E-state index contributed by atoms with van der Waals surface area (Å²) in [4.78, 5) is 11.1. The van der Waals surface area contributed by atoms with Gasteiger partial charge in [-0.05, 0) is 61.4 Å². The van der Waals surface area contributed by atoms with Crippen molar-refractivity contribution in [2.75, 3.05) is 18.0 Å². The molecule has 198 valence electrons. The van der Waals surface area contributed by atoms with Crippen LogP contribution in [0, 0.1) is 11.3 Å². The number of rotatable bonds is 8. The van der Waals surface area contributed by atoms with E-state index in [9.17, 15) is 5.26 Å². The molecular formula is C34H30N4O2. The molecule has 6 heteroatoms. The van der Waals surface area contributed by atoms with E-state index < -0.39 is 0 Å². The van der Waals surface area contributed by atoms with Crippen LogP contribution in [0.15, 0.2) is 75.6 Å². The molecule has 0 radical (unpaired) electrons. The Morgan fingerprint density at radius 1 is 0.850 bits per heavy atom. The van der Waals surface area contributed by atoms with Gasteiger partial charge in [0.1, 0.15) is 11.1 Å². The average Bonchev–Trinajstić information content (AvgIpc) is 3.70. The molecule has 0 unspecified atom stereocenters. The molecule has 0 spiro atoms. The number of aromatic amines is 1. The second-order valence-corrected chi connectivity index (χ2v) is 10.5. The quantitative estimate of drug-likeness (QED) is 0.213. The van der Waals surface area contributed by atoms with Crippen LogP contribution in [0.5, 0.6) is 0 Å². The summed E-state index contributed by atoms with van der Waals surface area (Å²) in [6.07, 6.45) is 4.66. The highest BCUT2D eigenvalue weighted by Gasteiger charge is 2.24. The fourth-order valence-electron chi connectivity index (χ4n) is 5.79. The number of benzene rings is 4. The molecule has 0 saturated heterocycles. The summed E-state index contributed by atoms with van der Waals surface area (Å²) in [5.74, 6) is 0.499. The molecule has 0 bridgehead atoms. The first-order valence-corrected chi connectivity index (χ1v) is 14.1. The zero-order valence-corrected chi connectivity index (χ0v) is 22.8. The Bertz CT molecular complexity index is 2050. The number of nitrogens with zero attached hydrogens (tertiary/aromatic N) is 3. The third-order valence-electron chi connectivity index (χ3n) is 7.89. The van der Waals surface area contributed by atoms with E-state index in [0.717, 1.165) is 75.2 Å². The summed E-state index contributed by atoms with van der Waals surface area (Å²) in [7, 11) is 0. The van der Waals surface area contributed by atoms with Gasteiger partial charge in [-0.1, -0.05) is 44.9 Å². The molecule has 0 amide bonds. The standard InChI is InChI=1S/C34H30N4O2/c1-3-5-17-38(18-6-4-2)23-15-16-27-25(19-23)29-28-24-9-7-8-10-26(24)36-30(28)31-33(32(29)39-27)40-34(37-31)22-13-11-21(20-35)12-14-22/h7-16,19,36H,3-6,17-18H2,1-2H3. The summed E-state index contributed by atoms with van der Waals surface area (Å²) in [5, 5.41) is 13.6. The molecule has 0 saturated carbocycles. The van der Waals surface area contributed by atoms with Crippen LogP contribution >= 0.6 is 0 Å². The van der Waals surface area contributed by atoms with Crippen LogP contribution in [0.3, 0.4) is 0 Å². The number of hydrogen-bond acceptors (Lipinski definition) is 5. The van der Waals surface area contributed by atoms with Gasteiger partial charge in [-0.15, -0.1) is 0 Å². The van der Waals surface area contributed by atoms with Crippen molar-refractivity contribution in [3.8, 4) is 17.5 Å². The Morgan fingerprint density at radius 3 is 2.38 bits per heavy atom. The monoisotopic (exact) mass is 526 g/mol. The van der Waals surface area contributed by atoms with Crippen molar-refractivity contribution in [1.82, 2.24) is 9.97 Å². The number of furan rings is 1. The minimum atomic E-state index is 0.499. The van der Waals surface area contributed by atoms with E-state index in [-0.39, 0.29) is 0 Å². The van der Waals surface area contributed by atoms with Gasteiger partial charge in [-0.2, -0.15) is 5.26 Å². The third-order valence-corrected chi connectivity index (χ3v) is 7.89. The maximum absolute atomic E-state index is 9.22. The molecule has 4 aromatic carbocycles. The smallest absolute Gasteiger partial charge is 0.227 e. The number of anilines is 1. The van der Waals surface area contributed by atoms with Gasteiger partial charge in [-0.25, -0.2) is 4.98 Å². The number of nitrogens with one attached hydrogen (secondary N) is 1. The van der Waals surface area contributed by atoms with E-state index in [1.54, 1.807) is 12.1 Å². The van der Waals surface area contributed by atoms with Gasteiger partial charge in [0.2, 0.25) is 11.5 Å². The first kappa shape index (κ1) is 24.3. The highest BCUT2D eigenvalue weighted by Crippen LogP contribution is 2.45. The van der Waals surface area contributed by atoms with Crippen molar-refractivity contribution in [2.45, 2.75) is 39.5 Å². The number of H-pyrrole nitrogens is 1. The van der Waals surface area contributed by atoms with Gasteiger partial charge < -0.3 is 18.7 Å². The molecule has 0 atom stereocenters. The summed E-state index contributed by atoms with van der Waals surface area (Å²) < 4.78 is 13.0. The van der Waals surface area contributed by atoms with E-state index in [2.05, 4.69) is 66.2 Å². The van der Waals surface area contributed by atoms with Gasteiger partial charge in [-0.3, -0.25) is 0 Å². The Morgan fingerprint density at radius 2 is 1.62 bits per heavy atom. The molecule has 3 heterocycles. The number of oxazole rings is 1. The molecule has 1 N–H and O–H groups in total. The van der Waals surface area contributed by atoms with E-state index in [0.29, 0.717) is 22.6 Å². The first-order chi connectivity index (χ1) is 19.7. The second-order valence-electron chi connectivity index (χ2n) is 10.5. The maximum Gasteiger partial charge on any atom is 0.227 e. The molecule has 0 aliphatic heterocycles. The molecule has 3 aromatic heterocycles. The lowest BCUT2D eigenvalue weighted by Crippen LogP contribution is -2.25. The molecule has 0 fully saturated rings. The summed E-state index contributed by atoms with van der Waals surface area (Å²) in [6, 6.07) is 24.4. The normalized spacial score (nSPS) is 11.8. The minimum Gasteiger partial charge on any atom is -0.452 e. The second kappa shape index (κ2) is 9.77. The number of para-hydroxylation sites is 1. The minimum absolute atomic E-state index is 0.499. The predicted molar refractivity (Wildman–Crippen MR) is 163 cm³/mol. The van der Waals surface area contributed by atoms with E-state index in [1.165, 1.54) is 18.5 Å². The van der Waals surface area contributed by atoms with Crippen molar-refractivity contribution < 1.29 is 8.83 Å². The lowest BCUT2D eigenvalue weighted by molar-refractivity contribution is 0.603. The average molecular weight is 527 g/mol. The Labute approximate surface area is 231 Å². The summed E-state index contributed by atoms with van der Waals surface area (Å²) in [6.45, 7) is 6.57. The summed E-state index contributed by atoms with van der Waals surface area (Å²) in [5.41, 5.74) is 7.53. The van der Waals surface area contributed by atoms with Crippen LogP contribution in [0.25, 0.3) is 66.3 Å². The van der Waals surface area contributed by atoms with Crippen molar-refractivity contribution in [3.63, 3.8) is 0 Å². The fourth-order valence-corrected chi connectivity index (χ4v) is 5.79. The molecule has 0 aliphatic rings. The Balaban J connectivity index is 1.53. The van der Waals surface area contributed by atoms with Crippen LogP contribution in [0.2, 0.25) is 0 Å². The van der Waals surface area contributed by atoms with E-state index in [1.807, 2.05) is 18.2 Å². The fraction of sp³-hybridized carbons (Fsp3) is 0.235. The number of nitriles is 1. The lowest BCUT2D eigenvalue weighted by Gasteiger charge is -2.24. The molecule has 0 aliphatic carbocycles. The van der Waals surface area contributed by atoms with Crippen LogP contribution in [-0.4, -0.2) is 23.1 Å². The topological polar surface area (TPSA) is 82.0 Å². The van der Waals surface area contributed by atoms with E-state index >= 15 is 0 Å². The molecule has 7 aromatic rings. The number of aromatic nitrogens is 2.